The van der Waals surface area contributed by atoms with Crippen LogP contribution in [0.1, 0.15) is 54.6 Å². The lowest BCUT2D eigenvalue weighted by Crippen LogP contribution is -2.59. The second kappa shape index (κ2) is 12.1. The number of H-pyrrole nitrogens is 1. The normalized spacial score (nSPS) is 20.1. The molecular weight excluding hydrogens is 512 g/mol. The number of urea groups is 1. The molecule has 12 heteroatoms. The van der Waals surface area contributed by atoms with Crippen molar-refractivity contribution in [3.05, 3.63) is 60.3 Å². The van der Waals surface area contributed by atoms with Crippen molar-refractivity contribution < 1.29 is 19.2 Å². The van der Waals surface area contributed by atoms with Gasteiger partial charge in [-0.05, 0) is 30.9 Å². The van der Waals surface area contributed by atoms with Gasteiger partial charge >= 0.3 is 6.03 Å². The van der Waals surface area contributed by atoms with Gasteiger partial charge in [-0.2, -0.15) is 0 Å². The second-order valence-electron chi connectivity index (χ2n) is 10.4. The fourth-order valence-corrected chi connectivity index (χ4v) is 5.69. The number of hydrogen-bond donors (Lipinski definition) is 5. The summed E-state index contributed by atoms with van der Waals surface area (Å²) in [5.74, 6) is -1.78. The SMILES string of the molecule is NC(=O)[C@@H](Cc1c[nH]c2ccccc12)NC(=O)[C@@H]1[C@@H](NC(=O)NC2CCCCC2)CCN1C(=O)c1cnccn1. The van der Waals surface area contributed by atoms with Crippen molar-refractivity contribution >= 4 is 34.7 Å². The summed E-state index contributed by atoms with van der Waals surface area (Å²) in [6.07, 6.45) is 11.6. The first-order chi connectivity index (χ1) is 19.4. The number of primary amides is 1. The number of rotatable bonds is 8. The molecule has 40 heavy (non-hydrogen) atoms. The third kappa shape index (κ3) is 6.05. The van der Waals surface area contributed by atoms with Crippen molar-refractivity contribution in [3.63, 3.8) is 0 Å². The van der Waals surface area contributed by atoms with E-state index in [-0.39, 0.29) is 30.7 Å². The number of hydrogen-bond acceptors (Lipinski definition) is 6. The number of nitrogens with one attached hydrogen (secondary N) is 4. The number of para-hydroxylation sites is 1. The highest BCUT2D eigenvalue weighted by molar-refractivity contribution is 5.98. The molecule has 0 bridgehead atoms. The van der Waals surface area contributed by atoms with E-state index >= 15 is 0 Å². The minimum atomic E-state index is -1.07. The topological polar surface area (TPSA) is 175 Å². The van der Waals surface area contributed by atoms with Crippen molar-refractivity contribution in [1.29, 1.82) is 0 Å². The van der Waals surface area contributed by atoms with E-state index in [0.717, 1.165) is 48.6 Å². The van der Waals surface area contributed by atoms with Crippen LogP contribution in [0.15, 0.2) is 49.1 Å². The lowest BCUT2D eigenvalue weighted by Gasteiger charge is -2.30. The Morgan fingerprint density at radius 1 is 1.05 bits per heavy atom. The molecule has 1 aliphatic heterocycles. The Bertz CT molecular complexity index is 1370. The Kier molecular flexibility index (Phi) is 8.23. The number of nitrogens with zero attached hydrogens (tertiary/aromatic N) is 3. The van der Waals surface area contributed by atoms with Gasteiger partial charge in [-0.3, -0.25) is 19.4 Å². The van der Waals surface area contributed by atoms with Crippen molar-refractivity contribution in [2.24, 2.45) is 5.73 Å². The van der Waals surface area contributed by atoms with E-state index in [9.17, 15) is 19.2 Å². The van der Waals surface area contributed by atoms with Gasteiger partial charge in [0.2, 0.25) is 11.8 Å². The monoisotopic (exact) mass is 546 g/mol. The Morgan fingerprint density at radius 3 is 2.60 bits per heavy atom. The molecular formula is C28H34N8O4. The number of aromatic nitrogens is 3. The third-order valence-electron chi connectivity index (χ3n) is 7.73. The number of benzene rings is 1. The maximum absolute atomic E-state index is 13.8. The largest absolute Gasteiger partial charge is 0.368 e. The van der Waals surface area contributed by atoms with E-state index in [1.807, 2.05) is 24.3 Å². The molecule has 210 valence electrons. The van der Waals surface area contributed by atoms with E-state index < -0.39 is 35.8 Å². The number of carbonyl (C=O) groups excluding carboxylic acids is 4. The molecule has 0 radical (unpaired) electrons. The number of nitrogens with two attached hydrogens (primary N) is 1. The zero-order valence-electron chi connectivity index (χ0n) is 22.1. The number of carbonyl (C=O) groups is 4. The molecule has 1 aliphatic carbocycles. The molecule has 5 rings (SSSR count). The van der Waals surface area contributed by atoms with Crippen LogP contribution in [0.4, 0.5) is 4.79 Å². The van der Waals surface area contributed by atoms with Crippen molar-refractivity contribution in [2.75, 3.05) is 6.54 Å². The first kappa shape index (κ1) is 27.1. The van der Waals surface area contributed by atoms with Crippen LogP contribution in [0.2, 0.25) is 0 Å². The number of fused-ring (bicyclic) bond motifs is 1. The summed E-state index contributed by atoms with van der Waals surface area (Å²) in [6, 6.07) is 4.55. The molecule has 0 spiro atoms. The van der Waals surface area contributed by atoms with Crippen LogP contribution in [0.3, 0.4) is 0 Å². The summed E-state index contributed by atoms with van der Waals surface area (Å²) in [6.45, 7) is 0.214. The highest BCUT2D eigenvalue weighted by atomic mass is 16.2. The molecule has 2 aliphatic rings. The summed E-state index contributed by atoms with van der Waals surface area (Å²) >= 11 is 0. The lowest BCUT2D eigenvalue weighted by molar-refractivity contribution is -0.130. The maximum Gasteiger partial charge on any atom is 0.315 e. The molecule has 12 nitrogen and oxygen atoms in total. The van der Waals surface area contributed by atoms with E-state index in [2.05, 4.69) is 30.9 Å². The summed E-state index contributed by atoms with van der Waals surface area (Å²) in [4.78, 5) is 65.0. The summed E-state index contributed by atoms with van der Waals surface area (Å²) < 4.78 is 0. The minimum absolute atomic E-state index is 0.0789. The average molecular weight is 547 g/mol. The van der Waals surface area contributed by atoms with Crippen LogP contribution in [0.5, 0.6) is 0 Å². The fourth-order valence-electron chi connectivity index (χ4n) is 5.69. The molecule has 6 N–H and O–H groups in total. The van der Waals surface area contributed by atoms with Crippen molar-refractivity contribution in [2.45, 2.75) is 69.1 Å². The Morgan fingerprint density at radius 2 is 1.85 bits per heavy atom. The molecule has 1 aromatic carbocycles. The van der Waals surface area contributed by atoms with Crippen LogP contribution in [-0.2, 0) is 16.0 Å². The molecule has 2 aromatic heterocycles. The van der Waals surface area contributed by atoms with Gasteiger partial charge < -0.3 is 31.6 Å². The van der Waals surface area contributed by atoms with Gasteiger partial charge in [0.1, 0.15) is 17.8 Å². The summed E-state index contributed by atoms with van der Waals surface area (Å²) in [5.41, 5.74) is 7.51. The van der Waals surface area contributed by atoms with E-state index in [1.54, 1.807) is 6.20 Å². The molecule has 1 saturated carbocycles. The van der Waals surface area contributed by atoms with Crippen molar-refractivity contribution in [3.8, 4) is 0 Å². The molecule has 0 unspecified atom stereocenters. The molecule has 3 heterocycles. The highest BCUT2D eigenvalue weighted by Crippen LogP contribution is 2.23. The van der Waals surface area contributed by atoms with Gasteiger partial charge in [0.05, 0.1) is 12.2 Å². The quantitative estimate of drug-likeness (QED) is 0.285. The van der Waals surface area contributed by atoms with Crippen LogP contribution in [0.25, 0.3) is 10.9 Å². The van der Waals surface area contributed by atoms with E-state index in [4.69, 9.17) is 5.73 Å². The lowest BCUT2D eigenvalue weighted by atomic mass is 9.96. The number of aromatic amines is 1. The summed E-state index contributed by atoms with van der Waals surface area (Å²) in [7, 11) is 0. The van der Waals surface area contributed by atoms with Crippen LogP contribution >= 0.6 is 0 Å². The molecule has 3 atom stereocenters. The van der Waals surface area contributed by atoms with Crippen LogP contribution in [0, 0.1) is 0 Å². The van der Waals surface area contributed by atoms with Gasteiger partial charge in [0.25, 0.3) is 5.91 Å². The van der Waals surface area contributed by atoms with Gasteiger partial charge in [-0.25, -0.2) is 9.78 Å². The Labute approximate surface area is 231 Å². The van der Waals surface area contributed by atoms with Gasteiger partial charge in [-0.15, -0.1) is 0 Å². The van der Waals surface area contributed by atoms with Crippen LogP contribution < -0.4 is 21.7 Å². The van der Waals surface area contributed by atoms with Gasteiger partial charge in [-0.1, -0.05) is 37.5 Å². The fraction of sp³-hybridized carbons (Fsp3) is 0.429. The highest BCUT2D eigenvalue weighted by Gasteiger charge is 2.44. The molecule has 5 amide bonds. The second-order valence-corrected chi connectivity index (χ2v) is 10.4. The first-order valence-corrected chi connectivity index (χ1v) is 13.7. The number of amides is 5. The number of likely N-dealkylation sites (tertiary alicyclic amines) is 1. The van der Waals surface area contributed by atoms with Gasteiger partial charge in [0.15, 0.2) is 0 Å². The molecule has 3 aromatic rings. The Balaban J connectivity index is 1.34. The van der Waals surface area contributed by atoms with E-state index in [0.29, 0.717) is 6.42 Å². The van der Waals surface area contributed by atoms with E-state index in [1.165, 1.54) is 23.5 Å². The standard InChI is InChI=1S/C28H34N8O4/c29-25(37)22(14-17-15-32-20-9-5-4-8-19(17)20)34-26(38)24-21(35-28(40)33-18-6-2-1-3-7-18)10-13-36(24)27(39)23-16-30-11-12-31-23/h4-5,8-9,11-12,15-16,18,21-22,24,32H,1-3,6-7,10,13-14H2,(H2,29,37)(H,34,38)(H2,33,35,40)/t21-,22+,24-/m0/s1. The Hall–Kier alpha value is -4.48. The van der Waals surface area contributed by atoms with Gasteiger partial charge in [0, 0.05) is 48.5 Å². The third-order valence-corrected chi connectivity index (χ3v) is 7.73. The zero-order chi connectivity index (χ0) is 28.1. The summed E-state index contributed by atoms with van der Waals surface area (Å²) in [5, 5.41) is 9.58. The predicted molar refractivity (Wildman–Crippen MR) is 147 cm³/mol. The first-order valence-electron chi connectivity index (χ1n) is 13.7. The molecule has 2 fully saturated rings. The molecule has 1 saturated heterocycles. The van der Waals surface area contributed by atoms with Crippen molar-refractivity contribution in [1.82, 2.24) is 35.8 Å². The maximum atomic E-state index is 13.8. The zero-order valence-corrected chi connectivity index (χ0v) is 22.1. The predicted octanol–water partition coefficient (Wildman–Crippen LogP) is 1.39. The smallest absolute Gasteiger partial charge is 0.315 e. The van der Waals surface area contributed by atoms with Crippen LogP contribution in [-0.4, -0.2) is 74.3 Å². The average Bonchev–Trinajstić information content (AvgIpc) is 3.57. The minimum Gasteiger partial charge on any atom is -0.368 e.